The molecular formula is C30H24BrN3O6S2. The Morgan fingerprint density at radius 3 is 2.24 bits per heavy atom. The molecule has 0 spiro atoms. The number of nitrogens with zero attached hydrogens (tertiary/aromatic N) is 2. The molecule has 6 rings (SSSR count). The van der Waals surface area contributed by atoms with E-state index in [1.54, 1.807) is 62.8 Å². The van der Waals surface area contributed by atoms with Crippen molar-refractivity contribution < 1.29 is 23.9 Å². The number of carbonyl (C=O) groups is 3. The summed E-state index contributed by atoms with van der Waals surface area (Å²) in [5.41, 5.74) is 1.81. The predicted octanol–water partition coefficient (Wildman–Crippen LogP) is 5.12. The fourth-order valence-corrected chi connectivity index (χ4v) is 8.51. The number of hydrogen-bond donors (Lipinski definition) is 1. The average Bonchev–Trinajstić information content (AvgIpc) is 3.43. The number of amides is 3. The van der Waals surface area contributed by atoms with Crippen molar-refractivity contribution in [3.63, 3.8) is 0 Å². The Hall–Kier alpha value is -3.87. The molecule has 1 fully saturated rings. The van der Waals surface area contributed by atoms with E-state index in [4.69, 9.17) is 9.47 Å². The molecule has 0 saturated carbocycles. The lowest BCUT2D eigenvalue weighted by atomic mass is 9.83. The van der Waals surface area contributed by atoms with Crippen LogP contribution in [-0.2, 0) is 20.9 Å². The maximum atomic E-state index is 14.0. The van der Waals surface area contributed by atoms with Crippen LogP contribution in [0.3, 0.4) is 0 Å². The molecule has 1 saturated heterocycles. The smallest absolute Gasteiger partial charge is 0.308 e. The number of benzene rings is 3. The van der Waals surface area contributed by atoms with Gasteiger partial charge in [-0.15, -0.1) is 0 Å². The number of hydrogen-bond acceptors (Lipinski definition) is 8. The van der Waals surface area contributed by atoms with E-state index in [1.165, 1.54) is 21.2 Å². The minimum atomic E-state index is -0.777. The molecule has 3 amide bonds. The molecule has 0 unspecified atom stereocenters. The van der Waals surface area contributed by atoms with Crippen LogP contribution in [0.4, 0.5) is 11.4 Å². The van der Waals surface area contributed by atoms with Gasteiger partial charge in [-0.1, -0.05) is 51.2 Å². The number of halogens is 1. The second-order valence-electron chi connectivity index (χ2n) is 9.71. The fourth-order valence-electron chi connectivity index (χ4n) is 5.32. The van der Waals surface area contributed by atoms with Gasteiger partial charge in [0, 0.05) is 21.0 Å². The second kappa shape index (κ2) is 11.4. The number of aromatic nitrogens is 1. The molecule has 214 valence electrons. The topological polar surface area (TPSA) is 107 Å². The first-order valence-corrected chi connectivity index (χ1v) is 15.4. The predicted molar refractivity (Wildman–Crippen MR) is 165 cm³/mol. The number of ether oxygens (including phenoxy) is 2. The Balaban J connectivity index is 1.38. The summed E-state index contributed by atoms with van der Waals surface area (Å²) < 4.78 is 12.6. The molecule has 0 radical (unpaired) electrons. The van der Waals surface area contributed by atoms with Crippen LogP contribution < -0.4 is 24.6 Å². The second-order valence-corrected chi connectivity index (χ2v) is 12.7. The van der Waals surface area contributed by atoms with E-state index < -0.39 is 23.0 Å². The Labute approximate surface area is 257 Å². The molecule has 3 heterocycles. The third-order valence-electron chi connectivity index (χ3n) is 7.26. The van der Waals surface area contributed by atoms with Gasteiger partial charge >= 0.3 is 4.87 Å². The van der Waals surface area contributed by atoms with E-state index in [9.17, 15) is 19.2 Å². The van der Waals surface area contributed by atoms with Gasteiger partial charge in [0.1, 0.15) is 23.3 Å². The van der Waals surface area contributed by atoms with Crippen molar-refractivity contribution in [1.82, 2.24) is 4.57 Å². The summed E-state index contributed by atoms with van der Waals surface area (Å²) in [6.07, 6.45) is 0. The van der Waals surface area contributed by atoms with Crippen molar-refractivity contribution in [3.8, 4) is 11.5 Å². The van der Waals surface area contributed by atoms with Gasteiger partial charge in [0.15, 0.2) is 0 Å². The highest BCUT2D eigenvalue weighted by atomic mass is 79.9. The molecule has 2 aliphatic rings. The van der Waals surface area contributed by atoms with Crippen LogP contribution in [0, 0.1) is 5.92 Å². The van der Waals surface area contributed by atoms with E-state index in [-0.39, 0.29) is 23.2 Å². The summed E-state index contributed by atoms with van der Waals surface area (Å²) in [4.78, 5) is 55.8. The van der Waals surface area contributed by atoms with Gasteiger partial charge < -0.3 is 14.8 Å². The third kappa shape index (κ3) is 5.03. The van der Waals surface area contributed by atoms with Gasteiger partial charge in [0.05, 0.1) is 30.9 Å². The van der Waals surface area contributed by atoms with Crippen molar-refractivity contribution >= 4 is 68.1 Å². The fraction of sp³-hybridized carbons (Fsp3) is 0.200. The first-order chi connectivity index (χ1) is 20.3. The quantitative estimate of drug-likeness (QED) is 0.273. The van der Waals surface area contributed by atoms with Gasteiger partial charge in [0.25, 0.3) is 0 Å². The van der Waals surface area contributed by atoms with Crippen LogP contribution >= 0.6 is 39.0 Å². The molecule has 2 aliphatic heterocycles. The van der Waals surface area contributed by atoms with E-state index >= 15 is 0 Å². The number of thioether (sulfide) groups is 1. The highest BCUT2D eigenvalue weighted by Gasteiger charge is 2.56. The lowest BCUT2D eigenvalue weighted by Gasteiger charge is -2.30. The van der Waals surface area contributed by atoms with Crippen molar-refractivity contribution in [1.29, 1.82) is 0 Å². The van der Waals surface area contributed by atoms with Crippen LogP contribution in [0.25, 0.3) is 0 Å². The molecule has 3 aromatic carbocycles. The number of fused-ring (bicyclic) bond motifs is 2. The summed E-state index contributed by atoms with van der Waals surface area (Å²) in [5.74, 6) is -1.10. The summed E-state index contributed by atoms with van der Waals surface area (Å²) in [7, 11) is 3.10. The van der Waals surface area contributed by atoms with Crippen LogP contribution in [-0.4, -0.2) is 41.8 Å². The van der Waals surface area contributed by atoms with E-state index in [0.29, 0.717) is 32.8 Å². The molecule has 12 heteroatoms. The maximum Gasteiger partial charge on any atom is 0.308 e. The Bertz CT molecular complexity index is 1750. The lowest BCUT2D eigenvalue weighted by molar-refractivity contribution is -0.122. The van der Waals surface area contributed by atoms with Gasteiger partial charge in [-0.05, 0) is 66.2 Å². The standard InChI is InChI=1S/C30H24BrN3O6S2/c1-39-20-10-6-18(7-11-20)32-22(35)15-33-29-26(42-30(33)38)23(16-4-3-5-17(31)14-16)24-25(41-29)28(37)34(27(24)36)19-8-12-21(40-2)13-9-19/h3-14,23-25H,15H2,1-2H3,(H,32,35)/t23-,24-,25+/m0/s1. The summed E-state index contributed by atoms with van der Waals surface area (Å²) in [5, 5.41) is 2.56. The number of rotatable bonds is 7. The molecule has 0 bridgehead atoms. The number of anilines is 2. The monoisotopic (exact) mass is 665 g/mol. The van der Waals surface area contributed by atoms with Crippen molar-refractivity contribution in [2.24, 2.45) is 5.92 Å². The zero-order valence-electron chi connectivity index (χ0n) is 22.4. The molecule has 4 aromatic rings. The molecule has 9 nitrogen and oxygen atoms in total. The highest BCUT2D eigenvalue weighted by Crippen LogP contribution is 2.54. The molecule has 42 heavy (non-hydrogen) atoms. The van der Waals surface area contributed by atoms with Crippen molar-refractivity contribution in [2.45, 2.75) is 22.7 Å². The minimum Gasteiger partial charge on any atom is -0.497 e. The summed E-state index contributed by atoms with van der Waals surface area (Å²) in [6, 6.07) is 21.2. The van der Waals surface area contributed by atoms with Gasteiger partial charge in [0.2, 0.25) is 17.7 Å². The maximum absolute atomic E-state index is 14.0. The lowest BCUT2D eigenvalue weighted by Crippen LogP contribution is -2.33. The van der Waals surface area contributed by atoms with E-state index in [1.807, 2.05) is 24.3 Å². The number of thiazole rings is 1. The van der Waals surface area contributed by atoms with Gasteiger partial charge in [-0.25, -0.2) is 4.90 Å². The Morgan fingerprint density at radius 1 is 0.929 bits per heavy atom. The molecule has 1 N–H and O–H groups in total. The molecular weight excluding hydrogens is 642 g/mol. The Kier molecular flexibility index (Phi) is 7.69. The minimum absolute atomic E-state index is 0.239. The van der Waals surface area contributed by atoms with Crippen molar-refractivity contribution in [3.05, 3.63) is 97.4 Å². The van der Waals surface area contributed by atoms with Crippen LogP contribution in [0.2, 0.25) is 0 Å². The SMILES string of the molecule is COc1ccc(NC(=O)Cn2c3c(sc2=O)[C@@H](c2cccc(Br)c2)[C@@H]2C(=O)N(c4ccc(OC)cc4)C(=O)[C@@H]2S3)cc1. The largest absolute Gasteiger partial charge is 0.497 e. The van der Waals surface area contributed by atoms with Gasteiger partial charge in [-0.2, -0.15) is 0 Å². The zero-order valence-corrected chi connectivity index (χ0v) is 25.6. The first kappa shape index (κ1) is 28.3. The summed E-state index contributed by atoms with van der Waals surface area (Å²) in [6.45, 7) is -0.239. The number of methoxy groups -OCH3 is 2. The van der Waals surface area contributed by atoms with Gasteiger partial charge in [-0.3, -0.25) is 23.7 Å². The summed E-state index contributed by atoms with van der Waals surface area (Å²) >= 11 is 5.71. The normalized spacial score (nSPS) is 19.3. The highest BCUT2D eigenvalue weighted by molar-refractivity contribution is 9.10. The molecule has 0 aliphatic carbocycles. The van der Waals surface area contributed by atoms with Crippen molar-refractivity contribution in [2.75, 3.05) is 24.4 Å². The number of imide groups is 1. The van der Waals surface area contributed by atoms with E-state index in [2.05, 4.69) is 21.2 Å². The van der Waals surface area contributed by atoms with Crippen LogP contribution in [0.1, 0.15) is 16.4 Å². The van der Waals surface area contributed by atoms with Crippen LogP contribution in [0.15, 0.2) is 87.1 Å². The zero-order chi connectivity index (χ0) is 29.5. The molecule has 3 atom stereocenters. The third-order valence-corrected chi connectivity index (χ3v) is 10.4. The molecule has 1 aromatic heterocycles. The van der Waals surface area contributed by atoms with E-state index in [0.717, 1.165) is 21.4 Å². The number of carbonyl (C=O) groups excluding carboxylic acids is 3. The average molecular weight is 667 g/mol. The van der Waals surface area contributed by atoms with Crippen LogP contribution in [0.5, 0.6) is 11.5 Å². The first-order valence-electron chi connectivity index (χ1n) is 12.9. The Morgan fingerprint density at radius 2 is 1.60 bits per heavy atom. The number of nitrogens with one attached hydrogen (secondary N) is 1.